The van der Waals surface area contributed by atoms with E-state index in [2.05, 4.69) is 0 Å². The van der Waals surface area contributed by atoms with Gasteiger partial charge in [0.15, 0.2) is 0 Å². The molecule has 0 radical (unpaired) electrons. The predicted molar refractivity (Wildman–Crippen MR) is 81.0 cm³/mol. The van der Waals surface area contributed by atoms with Gasteiger partial charge in [0, 0.05) is 30.3 Å². The van der Waals surface area contributed by atoms with Gasteiger partial charge in [-0.05, 0) is 12.1 Å². The van der Waals surface area contributed by atoms with Crippen molar-refractivity contribution in [2.24, 2.45) is 0 Å². The number of carbonyl (C=O) groups excluding carboxylic acids is 1. The lowest BCUT2D eigenvalue weighted by molar-refractivity contribution is 0.0948. The Morgan fingerprint density at radius 2 is 1.81 bits per heavy atom. The van der Waals surface area contributed by atoms with E-state index in [4.69, 9.17) is 11.6 Å². The Balaban J connectivity index is 2.46. The van der Waals surface area contributed by atoms with Crippen molar-refractivity contribution in [3.8, 4) is 0 Å². The van der Waals surface area contributed by atoms with Crippen molar-refractivity contribution in [2.75, 3.05) is 5.88 Å². The Kier molecular flexibility index (Phi) is 4.90. The van der Waals surface area contributed by atoms with Crippen LogP contribution in [0.5, 0.6) is 0 Å². The third-order valence-electron chi connectivity index (χ3n) is 2.84. The standard InChI is InChI=1S/C15H13ClN2O3/c16-9-4-5-10-17-11-8-13(19)18(15(17)21)14(20)12-6-2-1-3-7-12/h1-8,11H,9-10H2/b5-4-. The molecular weight excluding hydrogens is 292 g/mol. The van der Waals surface area contributed by atoms with Crippen LogP contribution in [0.4, 0.5) is 0 Å². The second kappa shape index (κ2) is 6.85. The van der Waals surface area contributed by atoms with E-state index in [0.717, 1.165) is 0 Å². The fraction of sp³-hybridized carbons (Fsp3) is 0.133. The van der Waals surface area contributed by atoms with Crippen molar-refractivity contribution < 1.29 is 4.79 Å². The number of alkyl halides is 1. The fourth-order valence-corrected chi connectivity index (χ4v) is 1.93. The first kappa shape index (κ1) is 15.0. The summed E-state index contributed by atoms with van der Waals surface area (Å²) in [5.74, 6) is -0.307. The molecule has 0 fully saturated rings. The van der Waals surface area contributed by atoms with Crippen LogP contribution in [0.3, 0.4) is 0 Å². The molecule has 1 heterocycles. The summed E-state index contributed by atoms with van der Waals surface area (Å²) >= 11 is 5.51. The quantitative estimate of drug-likeness (QED) is 0.635. The maximum Gasteiger partial charge on any atom is 0.338 e. The average Bonchev–Trinajstić information content (AvgIpc) is 2.50. The van der Waals surface area contributed by atoms with Crippen molar-refractivity contribution in [3.63, 3.8) is 0 Å². The fourth-order valence-electron chi connectivity index (χ4n) is 1.80. The van der Waals surface area contributed by atoms with Crippen molar-refractivity contribution in [3.05, 3.63) is 81.1 Å². The van der Waals surface area contributed by atoms with Gasteiger partial charge in [0.25, 0.3) is 11.5 Å². The third-order valence-corrected chi connectivity index (χ3v) is 3.01. The largest absolute Gasteiger partial charge is 0.338 e. The van der Waals surface area contributed by atoms with Crippen molar-refractivity contribution in [2.45, 2.75) is 6.54 Å². The molecule has 0 bridgehead atoms. The first-order valence-electron chi connectivity index (χ1n) is 6.28. The molecule has 0 aliphatic heterocycles. The molecule has 2 aromatic rings. The van der Waals surface area contributed by atoms with Crippen LogP contribution < -0.4 is 11.2 Å². The highest BCUT2D eigenvalue weighted by molar-refractivity contribution is 6.18. The maximum atomic E-state index is 12.3. The number of carbonyl (C=O) groups is 1. The Bertz CT molecular complexity index is 775. The Hall–Kier alpha value is -2.40. The summed E-state index contributed by atoms with van der Waals surface area (Å²) < 4.78 is 1.90. The number of aromatic nitrogens is 2. The lowest BCUT2D eigenvalue weighted by atomic mass is 10.2. The van der Waals surface area contributed by atoms with Crippen LogP contribution in [-0.4, -0.2) is 20.9 Å². The first-order valence-corrected chi connectivity index (χ1v) is 6.82. The van der Waals surface area contributed by atoms with Crippen LogP contribution in [0.15, 0.2) is 64.3 Å². The second-order valence-electron chi connectivity index (χ2n) is 4.22. The Morgan fingerprint density at radius 3 is 2.48 bits per heavy atom. The molecule has 1 aromatic carbocycles. The number of allylic oxidation sites excluding steroid dienone is 2. The van der Waals surface area contributed by atoms with Crippen LogP contribution in [-0.2, 0) is 6.54 Å². The van der Waals surface area contributed by atoms with E-state index in [0.29, 0.717) is 10.4 Å². The van der Waals surface area contributed by atoms with Crippen LogP contribution in [0.2, 0.25) is 0 Å². The van der Waals surface area contributed by atoms with Gasteiger partial charge in [0.05, 0.1) is 0 Å². The second-order valence-corrected chi connectivity index (χ2v) is 4.53. The number of hydrogen-bond acceptors (Lipinski definition) is 3. The van der Waals surface area contributed by atoms with Crippen molar-refractivity contribution >= 4 is 17.5 Å². The van der Waals surface area contributed by atoms with Gasteiger partial charge in [-0.3, -0.25) is 14.2 Å². The van der Waals surface area contributed by atoms with E-state index < -0.39 is 17.2 Å². The molecule has 0 aliphatic rings. The molecule has 21 heavy (non-hydrogen) atoms. The molecule has 0 saturated heterocycles. The van der Waals surface area contributed by atoms with Gasteiger partial charge < -0.3 is 0 Å². The highest BCUT2D eigenvalue weighted by atomic mass is 35.5. The lowest BCUT2D eigenvalue weighted by Gasteiger charge is -2.07. The van der Waals surface area contributed by atoms with Crippen LogP contribution in [0, 0.1) is 0 Å². The molecule has 2 rings (SSSR count). The smallest absolute Gasteiger partial charge is 0.296 e. The summed E-state index contributed by atoms with van der Waals surface area (Å²) in [6.07, 6.45) is 4.73. The first-order chi connectivity index (χ1) is 10.1. The summed E-state index contributed by atoms with van der Waals surface area (Å²) in [7, 11) is 0. The van der Waals surface area contributed by atoms with Crippen molar-refractivity contribution in [1.82, 2.24) is 9.13 Å². The number of hydrogen-bond donors (Lipinski definition) is 0. The minimum absolute atomic E-state index is 0.244. The maximum absolute atomic E-state index is 12.3. The van der Waals surface area contributed by atoms with E-state index in [-0.39, 0.29) is 12.1 Å². The zero-order valence-corrected chi connectivity index (χ0v) is 11.9. The van der Waals surface area contributed by atoms with Gasteiger partial charge in [-0.15, -0.1) is 11.6 Å². The minimum atomic E-state index is -0.671. The average molecular weight is 305 g/mol. The summed E-state index contributed by atoms with van der Waals surface area (Å²) in [4.78, 5) is 36.3. The molecule has 0 saturated carbocycles. The van der Waals surface area contributed by atoms with E-state index in [1.807, 2.05) is 0 Å². The summed E-state index contributed by atoms with van der Waals surface area (Å²) in [6, 6.07) is 9.39. The molecule has 6 heteroatoms. The molecule has 1 aromatic heterocycles. The zero-order chi connectivity index (χ0) is 15.2. The number of halogens is 1. The van der Waals surface area contributed by atoms with E-state index in [9.17, 15) is 14.4 Å². The van der Waals surface area contributed by atoms with Gasteiger partial charge in [-0.2, -0.15) is 4.57 Å². The summed E-state index contributed by atoms with van der Waals surface area (Å²) in [5.41, 5.74) is -1.03. The number of nitrogens with zero attached hydrogens (tertiary/aromatic N) is 2. The highest BCUT2D eigenvalue weighted by Gasteiger charge is 2.14. The van der Waals surface area contributed by atoms with Gasteiger partial charge in [0.2, 0.25) is 0 Å². The molecule has 0 atom stereocenters. The summed E-state index contributed by atoms with van der Waals surface area (Å²) in [5, 5.41) is 0. The minimum Gasteiger partial charge on any atom is -0.296 e. The molecule has 0 amide bonds. The van der Waals surface area contributed by atoms with Gasteiger partial charge in [0.1, 0.15) is 0 Å². The normalized spacial score (nSPS) is 10.9. The van der Waals surface area contributed by atoms with Crippen LogP contribution in [0.25, 0.3) is 0 Å². The van der Waals surface area contributed by atoms with E-state index in [1.165, 1.54) is 16.8 Å². The molecule has 0 spiro atoms. The predicted octanol–water partition coefficient (Wildman–Crippen LogP) is 1.49. The molecular formula is C15H13ClN2O3. The molecule has 5 nitrogen and oxygen atoms in total. The highest BCUT2D eigenvalue weighted by Crippen LogP contribution is 1.99. The Morgan fingerprint density at radius 1 is 1.10 bits per heavy atom. The molecule has 108 valence electrons. The Labute approximate surface area is 125 Å². The number of rotatable bonds is 4. The SMILES string of the molecule is O=C(c1ccccc1)n1c(=O)ccn(C/C=C\CCl)c1=O. The van der Waals surface area contributed by atoms with Gasteiger partial charge >= 0.3 is 5.69 Å². The number of benzene rings is 1. The molecule has 0 aliphatic carbocycles. The molecule has 0 unspecified atom stereocenters. The molecule has 0 N–H and O–H groups in total. The van der Waals surface area contributed by atoms with Gasteiger partial charge in [-0.25, -0.2) is 4.79 Å². The summed E-state index contributed by atoms with van der Waals surface area (Å²) in [6.45, 7) is 0.244. The van der Waals surface area contributed by atoms with Gasteiger partial charge in [-0.1, -0.05) is 30.4 Å². The topological polar surface area (TPSA) is 61.1 Å². The third kappa shape index (κ3) is 3.38. The van der Waals surface area contributed by atoms with Crippen LogP contribution in [0.1, 0.15) is 10.4 Å². The monoisotopic (exact) mass is 304 g/mol. The zero-order valence-electron chi connectivity index (χ0n) is 11.1. The van der Waals surface area contributed by atoms with Crippen LogP contribution >= 0.6 is 11.6 Å². The lowest BCUT2D eigenvalue weighted by Crippen LogP contribution is -2.43. The van der Waals surface area contributed by atoms with Crippen molar-refractivity contribution in [1.29, 1.82) is 0 Å². The van der Waals surface area contributed by atoms with E-state index >= 15 is 0 Å². The van der Waals surface area contributed by atoms with E-state index in [1.54, 1.807) is 42.5 Å².